The zero-order valence-corrected chi connectivity index (χ0v) is 7.59. The van der Waals surface area contributed by atoms with Gasteiger partial charge in [0.15, 0.2) is 5.95 Å². The maximum atomic E-state index is 5.42. The molecule has 12 heavy (non-hydrogen) atoms. The number of H-pyrrole nitrogens is 2. The molecular formula is C6H6BrN5. The molecule has 2 heterocycles. The molecule has 2 aromatic rings. The molecule has 2 rings (SSSR count). The number of aromatic amines is 2. The minimum absolute atomic E-state index is 0.395. The standard InChI is InChI=1S/C6H6BrN5/c7-3-1-10-12-5(3)4-2-9-6(8)11-4/h1-2H,(H,10,12)(H3,8,9,11). The van der Waals surface area contributed by atoms with E-state index in [1.165, 1.54) is 0 Å². The van der Waals surface area contributed by atoms with Gasteiger partial charge in [-0.05, 0) is 15.9 Å². The Labute approximate surface area is 76.5 Å². The van der Waals surface area contributed by atoms with E-state index in [4.69, 9.17) is 5.73 Å². The zero-order valence-electron chi connectivity index (χ0n) is 6.00. The summed E-state index contributed by atoms with van der Waals surface area (Å²) in [4.78, 5) is 6.75. The number of aromatic nitrogens is 4. The number of nitrogens with zero attached hydrogens (tertiary/aromatic N) is 2. The van der Waals surface area contributed by atoms with E-state index in [1.54, 1.807) is 12.4 Å². The first-order valence-electron chi connectivity index (χ1n) is 3.27. The van der Waals surface area contributed by atoms with Gasteiger partial charge in [-0.2, -0.15) is 5.10 Å². The molecule has 0 atom stereocenters. The first kappa shape index (κ1) is 7.35. The summed E-state index contributed by atoms with van der Waals surface area (Å²) in [7, 11) is 0. The molecule has 0 aliphatic rings. The molecule has 0 bridgehead atoms. The van der Waals surface area contributed by atoms with E-state index in [0.29, 0.717) is 5.95 Å². The normalized spacial score (nSPS) is 10.4. The lowest BCUT2D eigenvalue weighted by atomic mass is 10.3. The zero-order chi connectivity index (χ0) is 8.55. The van der Waals surface area contributed by atoms with Crippen LogP contribution in [-0.2, 0) is 0 Å². The summed E-state index contributed by atoms with van der Waals surface area (Å²) in [6.45, 7) is 0. The maximum Gasteiger partial charge on any atom is 0.197 e. The van der Waals surface area contributed by atoms with Gasteiger partial charge in [-0.15, -0.1) is 0 Å². The van der Waals surface area contributed by atoms with Crippen LogP contribution in [0.1, 0.15) is 0 Å². The third kappa shape index (κ3) is 1.10. The Morgan fingerprint density at radius 1 is 1.42 bits per heavy atom. The van der Waals surface area contributed by atoms with Crippen molar-refractivity contribution < 1.29 is 0 Å². The Hall–Kier alpha value is -1.30. The third-order valence-electron chi connectivity index (χ3n) is 1.46. The molecule has 0 aliphatic carbocycles. The van der Waals surface area contributed by atoms with Gasteiger partial charge >= 0.3 is 0 Å². The van der Waals surface area contributed by atoms with Crippen molar-refractivity contribution >= 4 is 21.9 Å². The molecule has 0 fully saturated rings. The lowest BCUT2D eigenvalue weighted by Crippen LogP contribution is -1.85. The molecule has 0 saturated carbocycles. The van der Waals surface area contributed by atoms with E-state index in [-0.39, 0.29) is 0 Å². The van der Waals surface area contributed by atoms with Gasteiger partial charge < -0.3 is 10.7 Å². The number of nitrogens with one attached hydrogen (secondary N) is 2. The van der Waals surface area contributed by atoms with Crippen molar-refractivity contribution in [3.05, 3.63) is 16.9 Å². The van der Waals surface area contributed by atoms with E-state index in [1.807, 2.05) is 0 Å². The molecule has 0 aromatic carbocycles. The van der Waals surface area contributed by atoms with Crippen LogP contribution in [0.25, 0.3) is 11.4 Å². The van der Waals surface area contributed by atoms with Crippen LogP contribution in [0, 0.1) is 0 Å². The van der Waals surface area contributed by atoms with E-state index < -0.39 is 0 Å². The van der Waals surface area contributed by atoms with Crippen molar-refractivity contribution in [2.75, 3.05) is 5.73 Å². The summed E-state index contributed by atoms with van der Waals surface area (Å²) in [6.07, 6.45) is 3.32. The van der Waals surface area contributed by atoms with Crippen LogP contribution in [-0.4, -0.2) is 20.2 Å². The largest absolute Gasteiger partial charge is 0.369 e. The van der Waals surface area contributed by atoms with Crippen molar-refractivity contribution in [3.8, 4) is 11.4 Å². The van der Waals surface area contributed by atoms with Gasteiger partial charge in [-0.3, -0.25) is 5.10 Å². The van der Waals surface area contributed by atoms with Crippen molar-refractivity contribution in [1.82, 2.24) is 20.2 Å². The van der Waals surface area contributed by atoms with Gasteiger partial charge in [0.1, 0.15) is 0 Å². The highest BCUT2D eigenvalue weighted by molar-refractivity contribution is 9.10. The number of rotatable bonds is 1. The number of hydrogen-bond acceptors (Lipinski definition) is 3. The highest BCUT2D eigenvalue weighted by atomic mass is 79.9. The second-order valence-corrected chi connectivity index (χ2v) is 3.13. The fourth-order valence-corrected chi connectivity index (χ4v) is 1.33. The van der Waals surface area contributed by atoms with E-state index in [2.05, 4.69) is 36.1 Å². The Bertz CT molecular complexity index is 390. The van der Waals surface area contributed by atoms with Crippen LogP contribution >= 0.6 is 15.9 Å². The maximum absolute atomic E-state index is 5.42. The molecule has 0 spiro atoms. The minimum Gasteiger partial charge on any atom is -0.369 e. The van der Waals surface area contributed by atoms with Crippen LogP contribution < -0.4 is 5.73 Å². The molecule has 2 aromatic heterocycles. The quantitative estimate of drug-likeness (QED) is 0.684. The number of halogens is 1. The molecule has 0 aliphatic heterocycles. The van der Waals surface area contributed by atoms with Crippen LogP contribution in [0.15, 0.2) is 16.9 Å². The molecule has 5 nitrogen and oxygen atoms in total. The van der Waals surface area contributed by atoms with Crippen molar-refractivity contribution in [2.24, 2.45) is 0 Å². The number of hydrogen-bond donors (Lipinski definition) is 3. The fourth-order valence-electron chi connectivity index (χ4n) is 0.924. The smallest absolute Gasteiger partial charge is 0.197 e. The summed E-state index contributed by atoms with van der Waals surface area (Å²) < 4.78 is 0.881. The summed E-state index contributed by atoms with van der Waals surface area (Å²) in [5.74, 6) is 0.395. The molecule has 6 heteroatoms. The predicted molar refractivity (Wildman–Crippen MR) is 48.3 cm³/mol. The van der Waals surface area contributed by atoms with Crippen LogP contribution in [0.2, 0.25) is 0 Å². The van der Waals surface area contributed by atoms with Gasteiger partial charge in [0.25, 0.3) is 0 Å². The summed E-state index contributed by atoms with van der Waals surface area (Å²) in [5, 5.41) is 6.66. The number of anilines is 1. The highest BCUT2D eigenvalue weighted by Gasteiger charge is 2.06. The minimum atomic E-state index is 0.395. The SMILES string of the molecule is Nc1ncc(-c2[nH]ncc2Br)[nH]1. The average Bonchev–Trinajstić information content (AvgIpc) is 2.58. The first-order valence-corrected chi connectivity index (χ1v) is 4.06. The molecule has 0 radical (unpaired) electrons. The summed E-state index contributed by atoms with van der Waals surface area (Å²) in [6, 6.07) is 0. The van der Waals surface area contributed by atoms with Crippen LogP contribution in [0.3, 0.4) is 0 Å². The van der Waals surface area contributed by atoms with Gasteiger partial charge in [0.05, 0.1) is 28.3 Å². The molecule has 0 saturated heterocycles. The van der Waals surface area contributed by atoms with Crippen molar-refractivity contribution in [1.29, 1.82) is 0 Å². The van der Waals surface area contributed by atoms with Gasteiger partial charge in [0.2, 0.25) is 0 Å². The average molecular weight is 228 g/mol. The van der Waals surface area contributed by atoms with E-state index in [0.717, 1.165) is 15.9 Å². The number of nitrogens with two attached hydrogens (primary N) is 1. The highest BCUT2D eigenvalue weighted by Crippen LogP contribution is 2.23. The molecule has 4 N–H and O–H groups in total. The van der Waals surface area contributed by atoms with Crippen molar-refractivity contribution in [3.63, 3.8) is 0 Å². The van der Waals surface area contributed by atoms with E-state index >= 15 is 0 Å². The molecular weight excluding hydrogens is 222 g/mol. The van der Waals surface area contributed by atoms with Crippen LogP contribution in [0.4, 0.5) is 5.95 Å². The molecule has 62 valence electrons. The Morgan fingerprint density at radius 2 is 2.25 bits per heavy atom. The van der Waals surface area contributed by atoms with Gasteiger partial charge in [-0.1, -0.05) is 0 Å². The third-order valence-corrected chi connectivity index (χ3v) is 2.06. The Morgan fingerprint density at radius 3 is 2.75 bits per heavy atom. The van der Waals surface area contributed by atoms with Crippen molar-refractivity contribution in [2.45, 2.75) is 0 Å². The lowest BCUT2D eigenvalue weighted by molar-refractivity contribution is 1.09. The van der Waals surface area contributed by atoms with Crippen LogP contribution in [0.5, 0.6) is 0 Å². The van der Waals surface area contributed by atoms with Gasteiger partial charge in [-0.25, -0.2) is 4.98 Å². The Balaban J connectivity index is 2.50. The second kappa shape index (κ2) is 2.63. The second-order valence-electron chi connectivity index (χ2n) is 2.28. The van der Waals surface area contributed by atoms with E-state index in [9.17, 15) is 0 Å². The summed E-state index contributed by atoms with van der Waals surface area (Å²) >= 11 is 3.33. The topological polar surface area (TPSA) is 83.4 Å². The monoisotopic (exact) mass is 227 g/mol. The summed E-state index contributed by atoms with van der Waals surface area (Å²) in [5.41, 5.74) is 7.08. The predicted octanol–water partition coefficient (Wildman–Crippen LogP) is 1.14. The van der Waals surface area contributed by atoms with Gasteiger partial charge in [0, 0.05) is 0 Å². The first-order chi connectivity index (χ1) is 5.77. The molecule has 0 unspecified atom stereocenters. The number of imidazole rings is 1. The fraction of sp³-hybridized carbons (Fsp3) is 0. The lowest BCUT2D eigenvalue weighted by Gasteiger charge is -1.90. The Kier molecular flexibility index (Phi) is 1.61. The number of nitrogen functional groups attached to an aromatic ring is 1. The molecule has 0 amide bonds.